The fraction of sp³-hybridized carbons (Fsp3) is 0.357. The van der Waals surface area contributed by atoms with Gasteiger partial charge in [-0.25, -0.2) is 0 Å². The van der Waals surface area contributed by atoms with E-state index in [1.54, 1.807) is 6.92 Å². The lowest BCUT2D eigenvalue weighted by atomic mass is 10.1. The molecule has 96 valence electrons. The number of aliphatic carboxylic acids is 1. The van der Waals surface area contributed by atoms with Crippen LogP contribution in [0.5, 0.6) is 0 Å². The second-order valence-electron chi connectivity index (χ2n) is 4.33. The highest BCUT2D eigenvalue weighted by Gasteiger charge is 2.19. The van der Waals surface area contributed by atoms with Crippen molar-refractivity contribution in [1.29, 1.82) is 0 Å². The maximum Gasteiger partial charge on any atom is 0.320 e. The predicted molar refractivity (Wildman–Crippen MR) is 69.0 cm³/mol. The van der Waals surface area contributed by atoms with Crippen LogP contribution in [0.15, 0.2) is 30.3 Å². The van der Waals surface area contributed by atoms with Crippen molar-refractivity contribution in [1.82, 2.24) is 5.32 Å². The summed E-state index contributed by atoms with van der Waals surface area (Å²) in [6.07, 6.45) is 0. The van der Waals surface area contributed by atoms with Gasteiger partial charge in [0.2, 0.25) is 0 Å². The molecule has 0 saturated heterocycles. The van der Waals surface area contributed by atoms with Crippen LogP contribution in [0.4, 0.5) is 0 Å². The van der Waals surface area contributed by atoms with Gasteiger partial charge in [0.1, 0.15) is 11.6 Å². The van der Waals surface area contributed by atoms with Crippen LogP contribution in [0.25, 0.3) is 0 Å². The van der Waals surface area contributed by atoms with E-state index >= 15 is 0 Å². The molecular formula is C14H17NO3. The molecule has 4 heteroatoms. The van der Waals surface area contributed by atoms with Gasteiger partial charge in [0.25, 0.3) is 0 Å². The number of carbonyl (C=O) groups is 1. The molecule has 1 rings (SSSR count). The Morgan fingerprint density at radius 2 is 2.06 bits per heavy atom. The molecule has 1 aromatic carbocycles. The number of hydrogen-bond acceptors (Lipinski definition) is 3. The summed E-state index contributed by atoms with van der Waals surface area (Å²) in [4.78, 5) is 10.6. The maximum atomic E-state index is 10.6. The Hall–Kier alpha value is -1.83. The van der Waals surface area contributed by atoms with E-state index in [-0.39, 0.29) is 6.54 Å². The van der Waals surface area contributed by atoms with Crippen LogP contribution in [-0.2, 0) is 4.79 Å². The number of benzene rings is 1. The van der Waals surface area contributed by atoms with Crippen LogP contribution >= 0.6 is 0 Å². The fourth-order valence-electron chi connectivity index (χ4n) is 1.21. The third-order valence-electron chi connectivity index (χ3n) is 2.37. The van der Waals surface area contributed by atoms with Gasteiger partial charge in [-0.3, -0.25) is 4.79 Å². The van der Waals surface area contributed by atoms with Gasteiger partial charge in [0, 0.05) is 12.1 Å². The van der Waals surface area contributed by atoms with Crippen molar-refractivity contribution < 1.29 is 15.0 Å². The first-order valence-electron chi connectivity index (χ1n) is 5.67. The van der Waals surface area contributed by atoms with Crippen LogP contribution in [0.3, 0.4) is 0 Å². The van der Waals surface area contributed by atoms with E-state index in [0.717, 1.165) is 5.56 Å². The normalized spacial score (nSPS) is 15.1. The summed E-state index contributed by atoms with van der Waals surface area (Å²) in [6.45, 7) is 3.16. The van der Waals surface area contributed by atoms with Gasteiger partial charge in [-0.05, 0) is 26.0 Å². The van der Waals surface area contributed by atoms with Gasteiger partial charge in [-0.1, -0.05) is 30.0 Å². The molecule has 2 atom stereocenters. The number of carboxylic acids is 1. The molecule has 0 heterocycles. The fourth-order valence-corrected chi connectivity index (χ4v) is 1.21. The Labute approximate surface area is 107 Å². The van der Waals surface area contributed by atoms with E-state index in [0.29, 0.717) is 0 Å². The Kier molecular flexibility index (Phi) is 4.90. The number of carboxylic acid groups (broad SMARTS) is 1. The lowest BCUT2D eigenvalue weighted by Gasteiger charge is -2.19. The van der Waals surface area contributed by atoms with Gasteiger partial charge >= 0.3 is 5.97 Å². The zero-order chi connectivity index (χ0) is 13.6. The highest BCUT2D eigenvalue weighted by atomic mass is 16.4. The van der Waals surface area contributed by atoms with Crippen molar-refractivity contribution >= 4 is 5.97 Å². The van der Waals surface area contributed by atoms with E-state index in [4.69, 9.17) is 5.11 Å². The van der Waals surface area contributed by atoms with Crippen LogP contribution in [0.1, 0.15) is 19.4 Å². The van der Waals surface area contributed by atoms with Crippen molar-refractivity contribution in [2.75, 3.05) is 6.54 Å². The minimum absolute atomic E-state index is 0.0975. The summed E-state index contributed by atoms with van der Waals surface area (Å²) in [6, 6.07) is 8.59. The average molecular weight is 247 g/mol. The largest absolute Gasteiger partial charge is 0.480 e. The van der Waals surface area contributed by atoms with Gasteiger partial charge in [-0.15, -0.1) is 0 Å². The average Bonchev–Trinajstić information content (AvgIpc) is 2.35. The Morgan fingerprint density at radius 1 is 1.44 bits per heavy atom. The third kappa shape index (κ3) is 5.00. The quantitative estimate of drug-likeness (QED) is 0.690. The lowest BCUT2D eigenvalue weighted by molar-refractivity contribution is -0.139. The molecule has 0 saturated carbocycles. The minimum atomic E-state index is -1.26. The summed E-state index contributed by atoms with van der Waals surface area (Å²) >= 11 is 0. The topological polar surface area (TPSA) is 69.6 Å². The van der Waals surface area contributed by atoms with Gasteiger partial charge in [0.15, 0.2) is 0 Å². The molecule has 1 aromatic rings. The standard InChI is InChI=1S/C14H17NO3/c1-11(13(16)17)15-10-14(2,18)9-8-12-6-4-3-5-7-12/h3-7,11,15,18H,10H2,1-2H3,(H,16,17)/t11-,14+/m0/s1. The minimum Gasteiger partial charge on any atom is -0.480 e. The van der Waals surface area contributed by atoms with E-state index in [2.05, 4.69) is 17.2 Å². The molecular weight excluding hydrogens is 230 g/mol. The Balaban J connectivity index is 2.60. The van der Waals surface area contributed by atoms with E-state index in [9.17, 15) is 9.90 Å². The van der Waals surface area contributed by atoms with Crippen molar-refractivity contribution in [3.05, 3.63) is 35.9 Å². The molecule has 4 nitrogen and oxygen atoms in total. The monoisotopic (exact) mass is 247 g/mol. The highest BCUT2D eigenvalue weighted by molar-refractivity contribution is 5.72. The summed E-state index contributed by atoms with van der Waals surface area (Å²) < 4.78 is 0. The van der Waals surface area contributed by atoms with Crippen LogP contribution in [0, 0.1) is 11.8 Å². The molecule has 0 fully saturated rings. The Bertz CT molecular complexity index is 457. The molecule has 0 spiro atoms. The molecule has 3 N–H and O–H groups in total. The van der Waals surface area contributed by atoms with Crippen molar-refractivity contribution in [2.45, 2.75) is 25.5 Å². The molecule has 0 aliphatic carbocycles. The first-order chi connectivity index (χ1) is 8.41. The third-order valence-corrected chi connectivity index (χ3v) is 2.37. The van der Waals surface area contributed by atoms with Crippen molar-refractivity contribution in [3.63, 3.8) is 0 Å². The molecule has 0 aliphatic rings. The number of hydrogen-bond donors (Lipinski definition) is 3. The van der Waals surface area contributed by atoms with Crippen molar-refractivity contribution in [2.24, 2.45) is 0 Å². The van der Waals surface area contributed by atoms with Gasteiger partial charge in [0.05, 0.1) is 0 Å². The summed E-state index contributed by atoms with van der Waals surface area (Å²) in [7, 11) is 0. The smallest absolute Gasteiger partial charge is 0.320 e. The number of nitrogens with one attached hydrogen (secondary N) is 1. The van der Waals surface area contributed by atoms with Crippen LogP contribution in [0.2, 0.25) is 0 Å². The van der Waals surface area contributed by atoms with Crippen LogP contribution in [-0.4, -0.2) is 34.4 Å². The SMILES string of the molecule is C[C@H](NC[C@](C)(O)C#Cc1ccccc1)C(=O)O. The van der Waals surface area contributed by atoms with Crippen LogP contribution < -0.4 is 5.32 Å². The zero-order valence-electron chi connectivity index (χ0n) is 10.5. The summed E-state index contributed by atoms with van der Waals surface area (Å²) in [5.41, 5.74) is -0.455. The van der Waals surface area contributed by atoms with Gasteiger partial charge in [-0.2, -0.15) is 0 Å². The molecule has 18 heavy (non-hydrogen) atoms. The molecule has 0 bridgehead atoms. The number of aliphatic hydroxyl groups is 1. The van der Waals surface area contributed by atoms with E-state index < -0.39 is 17.6 Å². The van der Waals surface area contributed by atoms with Gasteiger partial charge < -0.3 is 15.5 Å². The lowest BCUT2D eigenvalue weighted by Crippen LogP contribution is -2.43. The molecule has 0 aliphatic heterocycles. The summed E-state index contributed by atoms with van der Waals surface area (Å²) in [5, 5.41) is 21.4. The number of rotatable bonds is 4. The Morgan fingerprint density at radius 3 is 2.61 bits per heavy atom. The molecule has 0 aromatic heterocycles. The van der Waals surface area contributed by atoms with E-state index in [1.165, 1.54) is 6.92 Å². The molecule has 0 unspecified atom stereocenters. The first-order valence-corrected chi connectivity index (χ1v) is 5.67. The molecule has 0 amide bonds. The predicted octanol–water partition coefficient (Wildman–Crippen LogP) is 0.852. The highest BCUT2D eigenvalue weighted by Crippen LogP contribution is 2.02. The van der Waals surface area contributed by atoms with Crippen molar-refractivity contribution in [3.8, 4) is 11.8 Å². The first kappa shape index (κ1) is 14.2. The second-order valence-corrected chi connectivity index (χ2v) is 4.33. The second kappa shape index (κ2) is 6.20. The maximum absolute atomic E-state index is 10.6. The van der Waals surface area contributed by atoms with E-state index in [1.807, 2.05) is 30.3 Å². The summed E-state index contributed by atoms with van der Waals surface area (Å²) in [5.74, 6) is 4.61. The zero-order valence-corrected chi connectivity index (χ0v) is 10.5. The molecule has 0 radical (unpaired) electrons.